The molecule has 0 bridgehead atoms. The van der Waals surface area contributed by atoms with Crippen molar-refractivity contribution in [1.29, 1.82) is 0 Å². The van der Waals surface area contributed by atoms with Gasteiger partial charge in [-0.2, -0.15) is 0 Å². The Morgan fingerprint density at radius 3 is 2.45 bits per heavy atom. The first kappa shape index (κ1) is 13.9. The number of hydrogen-bond donors (Lipinski definition) is 2. The van der Waals surface area contributed by atoms with Crippen LogP contribution in [0.1, 0.15) is 27.0 Å². The fraction of sp³-hybridized carbons (Fsp3) is 0.188. The summed E-state index contributed by atoms with van der Waals surface area (Å²) in [7, 11) is 0. The minimum absolute atomic E-state index is 0.0781. The molecule has 0 aliphatic carbocycles. The summed E-state index contributed by atoms with van der Waals surface area (Å²) in [5, 5.41) is 9.63. The molecule has 2 aromatic rings. The lowest BCUT2D eigenvalue weighted by molar-refractivity contribution is 0.0469. The molecule has 0 aliphatic rings. The van der Waals surface area contributed by atoms with Gasteiger partial charge in [0.2, 0.25) is 0 Å². The lowest BCUT2D eigenvalue weighted by Gasteiger charge is -2.08. The Morgan fingerprint density at radius 2 is 1.80 bits per heavy atom. The van der Waals surface area contributed by atoms with Gasteiger partial charge in [-0.3, -0.25) is 0 Å². The molecule has 0 aliphatic heterocycles. The van der Waals surface area contributed by atoms with E-state index in [9.17, 15) is 9.90 Å². The predicted molar refractivity (Wildman–Crippen MR) is 77.6 cm³/mol. The second-order valence-corrected chi connectivity index (χ2v) is 4.85. The Labute approximate surface area is 117 Å². The van der Waals surface area contributed by atoms with Gasteiger partial charge >= 0.3 is 5.97 Å². The molecular weight excluding hydrogens is 254 g/mol. The van der Waals surface area contributed by atoms with E-state index in [1.165, 1.54) is 18.2 Å². The van der Waals surface area contributed by atoms with Crippen molar-refractivity contribution in [3.05, 3.63) is 58.7 Å². The molecule has 3 N–H and O–H groups in total. The van der Waals surface area contributed by atoms with E-state index in [1.807, 2.05) is 26.0 Å². The Morgan fingerprint density at radius 1 is 1.15 bits per heavy atom. The molecule has 0 radical (unpaired) electrons. The lowest BCUT2D eigenvalue weighted by Crippen LogP contribution is -2.06. The molecule has 4 nitrogen and oxygen atoms in total. The maximum Gasteiger partial charge on any atom is 0.342 e. The second kappa shape index (κ2) is 5.65. The van der Waals surface area contributed by atoms with Crippen molar-refractivity contribution >= 4 is 11.7 Å². The molecule has 0 unspecified atom stereocenters. The molecule has 0 saturated carbocycles. The van der Waals surface area contributed by atoms with E-state index in [2.05, 4.69) is 6.07 Å². The number of carbonyl (C=O) groups is 1. The number of esters is 1. The van der Waals surface area contributed by atoms with Crippen LogP contribution in [0.3, 0.4) is 0 Å². The van der Waals surface area contributed by atoms with Crippen LogP contribution in [0.4, 0.5) is 5.69 Å². The van der Waals surface area contributed by atoms with E-state index < -0.39 is 5.97 Å². The van der Waals surface area contributed by atoms with Gasteiger partial charge in [-0.25, -0.2) is 4.79 Å². The monoisotopic (exact) mass is 271 g/mol. The number of rotatable bonds is 3. The predicted octanol–water partition coefficient (Wildman–Crippen LogP) is 2.95. The van der Waals surface area contributed by atoms with Gasteiger partial charge in [-0.15, -0.1) is 0 Å². The number of aromatic hydroxyl groups is 1. The zero-order valence-electron chi connectivity index (χ0n) is 11.5. The zero-order valence-corrected chi connectivity index (χ0v) is 11.5. The Balaban J connectivity index is 2.10. The fourth-order valence-corrected chi connectivity index (χ4v) is 2.10. The van der Waals surface area contributed by atoms with E-state index in [0.29, 0.717) is 5.69 Å². The van der Waals surface area contributed by atoms with Crippen LogP contribution in [-0.2, 0) is 11.3 Å². The number of hydrogen-bond acceptors (Lipinski definition) is 4. The number of ether oxygens (including phenoxy) is 1. The number of phenols is 1. The summed E-state index contributed by atoms with van der Waals surface area (Å²) in [6.07, 6.45) is 0. The van der Waals surface area contributed by atoms with Crippen LogP contribution < -0.4 is 5.73 Å². The molecule has 20 heavy (non-hydrogen) atoms. The van der Waals surface area contributed by atoms with Gasteiger partial charge in [0.1, 0.15) is 17.9 Å². The van der Waals surface area contributed by atoms with Gasteiger partial charge in [-0.1, -0.05) is 29.3 Å². The standard InChI is InChI=1S/C16H17NO3/c1-10-5-11(2)7-12(6-10)9-20-16(19)14-8-13(17)3-4-15(14)18/h3-8,18H,9,17H2,1-2H3. The molecule has 0 amide bonds. The van der Waals surface area contributed by atoms with Crippen LogP contribution in [-0.4, -0.2) is 11.1 Å². The van der Waals surface area contributed by atoms with Gasteiger partial charge < -0.3 is 15.6 Å². The quantitative estimate of drug-likeness (QED) is 0.511. The van der Waals surface area contributed by atoms with Crippen LogP contribution in [0.5, 0.6) is 5.75 Å². The Bertz CT molecular complexity index is 630. The number of nitrogen functional groups attached to an aromatic ring is 1. The average Bonchev–Trinajstić information content (AvgIpc) is 2.38. The van der Waals surface area contributed by atoms with Crippen molar-refractivity contribution in [1.82, 2.24) is 0 Å². The van der Waals surface area contributed by atoms with Gasteiger partial charge in [0.15, 0.2) is 0 Å². The van der Waals surface area contributed by atoms with E-state index >= 15 is 0 Å². The number of aryl methyl sites for hydroxylation is 2. The third-order valence-corrected chi connectivity index (χ3v) is 2.89. The van der Waals surface area contributed by atoms with Crippen molar-refractivity contribution in [2.24, 2.45) is 0 Å². The van der Waals surface area contributed by atoms with Crippen LogP contribution in [0.2, 0.25) is 0 Å². The molecule has 0 heterocycles. The van der Waals surface area contributed by atoms with Crippen molar-refractivity contribution in [3.8, 4) is 5.75 Å². The van der Waals surface area contributed by atoms with Gasteiger partial charge in [0.25, 0.3) is 0 Å². The van der Waals surface area contributed by atoms with Gasteiger partial charge in [-0.05, 0) is 37.6 Å². The van der Waals surface area contributed by atoms with Crippen molar-refractivity contribution < 1.29 is 14.6 Å². The van der Waals surface area contributed by atoms with Gasteiger partial charge in [0.05, 0.1) is 0 Å². The summed E-state index contributed by atoms with van der Waals surface area (Å²) in [6.45, 7) is 4.14. The first-order valence-electron chi connectivity index (χ1n) is 6.28. The molecule has 0 atom stereocenters. The Kier molecular flexibility index (Phi) is 3.94. The molecule has 104 valence electrons. The lowest BCUT2D eigenvalue weighted by atomic mass is 10.1. The average molecular weight is 271 g/mol. The molecule has 2 aromatic carbocycles. The summed E-state index contributed by atoms with van der Waals surface area (Å²) < 4.78 is 5.21. The summed E-state index contributed by atoms with van der Waals surface area (Å²) >= 11 is 0. The molecular formula is C16H17NO3. The Hall–Kier alpha value is -2.49. The second-order valence-electron chi connectivity index (χ2n) is 4.85. The third-order valence-electron chi connectivity index (χ3n) is 2.89. The molecule has 0 aromatic heterocycles. The first-order chi connectivity index (χ1) is 9.45. The number of carbonyl (C=O) groups excluding carboxylic acids is 1. The summed E-state index contributed by atoms with van der Waals surface area (Å²) in [6, 6.07) is 10.3. The maximum atomic E-state index is 11.9. The van der Waals surface area contributed by atoms with Crippen LogP contribution in [0.15, 0.2) is 36.4 Å². The largest absolute Gasteiger partial charge is 0.507 e. The number of nitrogens with two attached hydrogens (primary N) is 1. The minimum Gasteiger partial charge on any atom is -0.507 e. The molecule has 0 spiro atoms. The van der Waals surface area contributed by atoms with Gasteiger partial charge in [0, 0.05) is 5.69 Å². The number of phenolic OH excluding ortho intramolecular Hbond substituents is 1. The smallest absolute Gasteiger partial charge is 0.342 e. The highest BCUT2D eigenvalue weighted by Gasteiger charge is 2.13. The molecule has 0 saturated heterocycles. The van der Waals surface area contributed by atoms with Crippen molar-refractivity contribution in [3.63, 3.8) is 0 Å². The summed E-state index contributed by atoms with van der Waals surface area (Å²) in [5.74, 6) is -0.724. The molecule has 0 fully saturated rings. The highest BCUT2D eigenvalue weighted by molar-refractivity contribution is 5.93. The summed E-state index contributed by atoms with van der Waals surface area (Å²) in [5.41, 5.74) is 9.22. The maximum absolute atomic E-state index is 11.9. The molecule has 2 rings (SSSR count). The van der Waals surface area contributed by atoms with Crippen LogP contribution in [0, 0.1) is 13.8 Å². The topological polar surface area (TPSA) is 72.5 Å². The van der Waals surface area contributed by atoms with E-state index in [4.69, 9.17) is 10.5 Å². The van der Waals surface area contributed by atoms with Crippen molar-refractivity contribution in [2.45, 2.75) is 20.5 Å². The number of benzene rings is 2. The fourth-order valence-electron chi connectivity index (χ4n) is 2.10. The van der Waals surface area contributed by atoms with E-state index in [0.717, 1.165) is 16.7 Å². The van der Waals surface area contributed by atoms with E-state index in [-0.39, 0.29) is 17.9 Å². The third kappa shape index (κ3) is 3.29. The van der Waals surface area contributed by atoms with E-state index in [1.54, 1.807) is 0 Å². The van der Waals surface area contributed by atoms with Crippen molar-refractivity contribution in [2.75, 3.05) is 5.73 Å². The SMILES string of the molecule is Cc1cc(C)cc(COC(=O)c2cc(N)ccc2O)c1. The molecule has 4 heteroatoms. The normalized spacial score (nSPS) is 10.3. The minimum atomic E-state index is -0.589. The zero-order chi connectivity index (χ0) is 14.7. The van der Waals surface area contributed by atoms with Crippen LogP contribution in [0.25, 0.3) is 0 Å². The highest BCUT2D eigenvalue weighted by atomic mass is 16.5. The number of anilines is 1. The summed E-state index contributed by atoms with van der Waals surface area (Å²) in [4.78, 5) is 11.9. The first-order valence-corrected chi connectivity index (χ1v) is 6.28. The highest BCUT2D eigenvalue weighted by Crippen LogP contribution is 2.21. The van der Waals surface area contributed by atoms with Crippen LogP contribution >= 0.6 is 0 Å².